The first-order chi connectivity index (χ1) is 8.24. The minimum Gasteiger partial charge on any atom is -0.491 e. The third kappa shape index (κ3) is 3.93. The van der Waals surface area contributed by atoms with Gasteiger partial charge in [-0.3, -0.25) is 0 Å². The minimum atomic E-state index is 0.223. The zero-order valence-corrected chi connectivity index (χ0v) is 10.6. The van der Waals surface area contributed by atoms with E-state index < -0.39 is 0 Å². The summed E-state index contributed by atoms with van der Waals surface area (Å²) in [6.07, 6.45) is 2.55. The normalized spacial score (nSPS) is 20.3. The molecule has 17 heavy (non-hydrogen) atoms. The third-order valence-corrected chi connectivity index (χ3v) is 2.76. The molecule has 1 unspecified atom stereocenters. The van der Waals surface area contributed by atoms with Crippen LogP contribution in [0.4, 0.5) is 5.69 Å². The van der Waals surface area contributed by atoms with Crippen LogP contribution in [0.3, 0.4) is 0 Å². The highest BCUT2D eigenvalue weighted by Gasteiger charge is 2.13. The van der Waals surface area contributed by atoms with Crippen molar-refractivity contribution in [1.82, 2.24) is 0 Å². The molecule has 94 valence electrons. The summed E-state index contributed by atoms with van der Waals surface area (Å²) in [6.45, 7) is 5.78. The van der Waals surface area contributed by atoms with Gasteiger partial charge in [-0.1, -0.05) is 0 Å². The second-order valence-corrected chi connectivity index (χ2v) is 4.75. The highest BCUT2D eigenvalue weighted by atomic mass is 16.5. The molecule has 1 aromatic rings. The lowest BCUT2D eigenvalue weighted by Crippen LogP contribution is -2.29. The minimum absolute atomic E-state index is 0.223. The molecular formula is C14H21NO2. The quantitative estimate of drug-likeness (QED) is 0.870. The Balaban J connectivity index is 1.88. The molecule has 1 atom stereocenters. The molecule has 3 nitrogen and oxygen atoms in total. The van der Waals surface area contributed by atoms with Crippen molar-refractivity contribution in [3.8, 4) is 5.75 Å². The van der Waals surface area contributed by atoms with E-state index in [4.69, 9.17) is 9.47 Å². The fourth-order valence-electron chi connectivity index (χ4n) is 1.99. The number of hydrogen-bond acceptors (Lipinski definition) is 3. The van der Waals surface area contributed by atoms with Crippen LogP contribution < -0.4 is 10.1 Å². The van der Waals surface area contributed by atoms with Crippen LogP contribution in [-0.4, -0.2) is 25.4 Å². The van der Waals surface area contributed by atoms with Crippen molar-refractivity contribution in [2.24, 2.45) is 0 Å². The van der Waals surface area contributed by atoms with Gasteiger partial charge < -0.3 is 14.8 Å². The molecule has 1 aliphatic rings. The molecule has 0 saturated carbocycles. The van der Waals surface area contributed by atoms with Gasteiger partial charge in [-0.15, -0.1) is 0 Å². The van der Waals surface area contributed by atoms with Crippen LogP contribution in [0.1, 0.15) is 26.7 Å². The molecule has 0 bridgehead atoms. The molecule has 0 spiro atoms. The molecular weight excluding hydrogens is 214 g/mol. The maximum atomic E-state index is 5.61. The van der Waals surface area contributed by atoms with Crippen LogP contribution in [0.25, 0.3) is 0 Å². The molecule has 1 heterocycles. The second-order valence-electron chi connectivity index (χ2n) is 4.75. The molecule has 0 amide bonds. The van der Waals surface area contributed by atoms with E-state index in [1.165, 1.54) is 6.42 Å². The fraction of sp³-hybridized carbons (Fsp3) is 0.571. The van der Waals surface area contributed by atoms with E-state index >= 15 is 0 Å². The summed E-state index contributed by atoms with van der Waals surface area (Å²) >= 11 is 0. The van der Waals surface area contributed by atoms with Crippen molar-refractivity contribution < 1.29 is 9.47 Å². The van der Waals surface area contributed by atoms with Gasteiger partial charge in [-0.2, -0.15) is 0 Å². The van der Waals surface area contributed by atoms with Gasteiger partial charge in [0, 0.05) is 18.3 Å². The van der Waals surface area contributed by atoms with Crippen molar-refractivity contribution in [2.75, 3.05) is 18.5 Å². The van der Waals surface area contributed by atoms with Crippen LogP contribution in [0, 0.1) is 0 Å². The number of hydrogen-bond donors (Lipinski definition) is 1. The highest BCUT2D eigenvalue weighted by Crippen LogP contribution is 2.19. The first kappa shape index (κ1) is 12.2. The monoisotopic (exact) mass is 235 g/mol. The molecule has 1 fully saturated rings. The molecule has 0 aliphatic carbocycles. The van der Waals surface area contributed by atoms with Crippen molar-refractivity contribution in [3.05, 3.63) is 24.3 Å². The van der Waals surface area contributed by atoms with Crippen molar-refractivity contribution in [1.29, 1.82) is 0 Å². The summed E-state index contributed by atoms with van der Waals surface area (Å²) in [5.41, 5.74) is 1.14. The standard InChI is InChI=1S/C14H21NO2/c1-11(2)17-14-7-5-12(6-8-14)15-13-4-3-9-16-10-13/h5-8,11,13,15H,3-4,9-10H2,1-2H3. The Hall–Kier alpha value is -1.22. The van der Waals surface area contributed by atoms with Crippen LogP contribution in [0.5, 0.6) is 5.75 Å². The second kappa shape index (κ2) is 5.92. The smallest absolute Gasteiger partial charge is 0.119 e. The summed E-state index contributed by atoms with van der Waals surface area (Å²) in [5, 5.41) is 3.48. The van der Waals surface area contributed by atoms with E-state index in [9.17, 15) is 0 Å². The molecule has 0 aromatic heterocycles. The molecule has 0 radical (unpaired) electrons. The average Bonchev–Trinajstić information content (AvgIpc) is 2.32. The lowest BCUT2D eigenvalue weighted by Gasteiger charge is -2.24. The fourth-order valence-corrected chi connectivity index (χ4v) is 1.99. The summed E-state index contributed by atoms with van der Waals surface area (Å²) in [4.78, 5) is 0. The zero-order chi connectivity index (χ0) is 12.1. The highest BCUT2D eigenvalue weighted by molar-refractivity contribution is 5.47. The van der Waals surface area contributed by atoms with Gasteiger partial charge in [0.15, 0.2) is 0 Å². The van der Waals surface area contributed by atoms with Gasteiger partial charge in [-0.05, 0) is 51.0 Å². The van der Waals surface area contributed by atoms with Crippen molar-refractivity contribution >= 4 is 5.69 Å². The predicted molar refractivity (Wildman–Crippen MR) is 69.7 cm³/mol. The number of rotatable bonds is 4. The zero-order valence-electron chi connectivity index (χ0n) is 10.6. The van der Waals surface area contributed by atoms with Crippen molar-refractivity contribution in [3.63, 3.8) is 0 Å². The lowest BCUT2D eigenvalue weighted by atomic mass is 10.1. The van der Waals surface area contributed by atoms with Gasteiger partial charge in [0.2, 0.25) is 0 Å². The molecule has 2 rings (SSSR count). The Kier molecular flexibility index (Phi) is 4.26. The van der Waals surface area contributed by atoms with Crippen LogP contribution in [0.15, 0.2) is 24.3 Å². The Morgan fingerprint density at radius 1 is 1.29 bits per heavy atom. The van der Waals surface area contributed by atoms with Crippen LogP contribution >= 0.6 is 0 Å². The maximum absolute atomic E-state index is 5.61. The van der Waals surface area contributed by atoms with Gasteiger partial charge in [0.1, 0.15) is 5.75 Å². The summed E-state index contributed by atoms with van der Waals surface area (Å²) in [6, 6.07) is 8.58. The van der Waals surface area contributed by atoms with Crippen LogP contribution in [-0.2, 0) is 4.74 Å². The van der Waals surface area contributed by atoms with Gasteiger partial charge in [-0.25, -0.2) is 0 Å². The molecule has 1 N–H and O–H groups in total. The lowest BCUT2D eigenvalue weighted by molar-refractivity contribution is 0.0876. The van der Waals surface area contributed by atoms with Crippen molar-refractivity contribution in [2.45, 2.75) is 38.8 Å². The average molecular weight is 235 g/mol. The largest absolute Gasteiger partial charge is 0.491 e. The Bertz CT molecular complexity index is 329. The SMILES string of the molecule is CC(C)Oc1ccc(NC2CCCOC2)cc1. The topological polar surface area (TPSA) is 30.5 Å². The molecule has 3 heteroatoms. The van der Waals surface area contributed by atoms with E-state index in [0.717, 1.165) is 31.1 Å². The van der Waals surface area contributed by atoms with Crippen LogP contribution in [0.2, 0.25) is 0 Å². The van der Waals surface area contributed by atoms with Gasteiger partial charge in [0.05, 0.1) is 12.7 Å². The Labute approximate surface area is 103 Å². The molecule has 1 aromatic carbocycles. The summed E-state index contributed by atoms with van der Waals surface area (Å²) in [5.74, 6) is 0.922. The molecule has 1 aliphatic heterocycles. The summed E-state index contributed by atoms with van der Waals surface area (Å²) in [7, 11) is 0. The number of ether oxygens (including phenoxy) is 2. The first-order valence-corrected chi connectivity index (χ1v) is 6.35. The first-order valence-electron chi connectivity index (χ1n) is 6.35. The van der Waals surface area contributed by atoms with E-state index in [-0.39, 0.29) is 6.10 Å². The van der Waals surface area contributed by atoms with E-state index in [2.05, 4.69) is 17.4 Å². The summed E-state index contributed by atoms with van der Waals surface area (Å²) < 4.78 is 11.1. The predicted octanol–water partition coefficient (Wildman–Crippen LogP) is 3.06. The van der Waals surface area contributed by atoms with Gasteiger partial charge >= 0.3 is 0 Å². The maximum Gasteiger partial charge on any atom is 0.119 e. The number of nitrogens with one attached hydrogen (secondary N) is 1. The van der Waals surface area contributed by atoms with E-state index in [1.54, 1.807) is 0 Å². The van der Waals surface area contributed by atoms with E-state index in [0.29, 0.717) is 6.04 Å². The number of benzene rings is 1. The molecule has 1 saturated heterocycles. The third-order valence-electron chi connectivity index (χ3n) is 2.76. The van der Waals surface area contributed by atoms with Gasteiger partial charge in [0.25, 0.3) is 0 Å². The Morgan fingerprint density at radius 3 is 2.65 bits per heavy atom. The Morgan fingerprint density at radius 2 is 2.06 bits per heavy atom. The number of anilines is 1. The van der Waals surface area contributed by atoms with E-state index in [1.807, 2.05) is 26.0 Å².